The van der Waals surface area contributed by atoms with Crippen LogP contribution in [-0.2, 0) is 17.8 Å². The normalized spacial score (nSPS) is 18.4. The lowest BCUT2D eigenvalue weighted by atomic mass is 10.0. The van der Waals surface area contributed by atoms with Crippen molar-refractivity contribution in [2.45, 2.75) is 44.7 Å². The molecule has 0 radical (unpaired) electrons. The van der Waals surface area contributed by atoms with Gasteiger partial charge in [-0.05, 0) is 36.8 Å². The van der Waals surface area contributed by atoms with E-state index in [1.165, 1.54) is 11.3 Å². The Balaban J connectivity index is 1.32. The molecule has 0 aliphatic heterocycles. The Hall–Kier alpha value is -3.07. The summed E-state index contributed by atoms with van der Waals surface area (Å²) in [5.74, 6) is -0.709. The zero-order chi connectivity index (χ0) is 20.9. The third kappa shape index (κ3) is 4.73. The minimum atomic E-state index is -0.965. The fourth-order valence-electron chi connectivity index (χ4n) is 4.00. The molecule has 1 aliphatic rings. The zero-order valence-corrected chi connectivity index (χ0v) is 17.2. The van der Waals surface area contributed by atoms with Crippen LogP contribution in [0.5, 0.6) is 0 Å². The van der Waals surface area contributed by atoms with Crippen LogP contribution in [0.4, 0.5) is 0 Å². The van der Waals surface area contributed by atoms with Crippen LogP contribution in [0.3, 0.4) is 0 Å². The maximum absolute atomic E-state index is 12.5. The van der Waals surface area contributed by atoms with E-state index in [0.29, 0.717) is 24.4 Å². The first-order valence-corrected chi connectivity index (χ1v) is 10.9. The fourth-order valence-corrected chi connectivity index (χ4v) is 4.57. The molecule has 2 aromatic heterocycles. The number of carbonyl (C=O) groups is 2. The summed E-state index contributed by atoms with van der Waals surface area (Å²) < 4.78 is 1.84. The lowest BCUT2D eigenvalue weighted by Crippen LogP contribution is -2.39. The number of aromatic nitrogens is 4. The second-order valence-corrected chi connectivity index (χ2v) is 8.41. The molecule has 2 atom stereocenters. The van der Waals surface area contributed by atoms with Crippen molar-refractivity contribution in [2.24, 2.45) is 5.92 Å². The number of thiazole rings is 1. The SMILES string of the molecule is O=C(CCc1ccccc1C(=O)O)N[C@@H]1CCC[C@@H]1Cn1cc(-c2cncs2)nn1. The lowest BCUT2D eigenvalue weighted by molar-refractivity contribution is -0.122. The number of aryl methyl sites for hydroxylation is 1. The van der Waals surface area contributed by atoms with E-state index in [0.717, 1.165) is 29.8 Å². The highest BCUT2D eigenvalue weighted by Gasteiger charge is 2.29. The molecular formula is C21H23N5O3S. The van der Waals surface area contributed by atoms with E-state index in [9.17, 15) is 14.7 Å². The van der Waals surface area contributed by atoms with Gasteiger partial charge in [-0.3, -0.25) is 14.5 Å². The summed E-state index contributed by atoms with van der Waals surface area (Å²) in [7, 11) is 0. The van der Waals surface area contributed by atoms with E-state index in [4.69, 9.17) is 0 Å². The van der Waals surface area contributed by atoms with Gasteiger partial charge in [0.25, 0.3) is 0 Å². The first kappa shape index (κ1) is 20.2. The highest BCUT2D eigenvalue weighted by molar-refractivity contribution is 7.13. The van der Waals surface area contributed by atoms with Crippen LogP contribution in [0.15, 0.2) is 42.2 Å². The fraction of sp³-hybridized carbons (Fsp3) is 0.381. The molecule has 9 heteroatoms. The van der Waals surface area contributed by atoms with Gasteiger partial charge in [0, 0.05) is 25.2 Å². The largest absolute Gasteiger partial charge is 0.478 e. The van der Waals surface area contributed by atoms with Crippen molar-refractivity contribution < 1.29 is 14.7 Å². The van der Waals surface area contributed by atoms with Crippen LogP contribution in [-0.4, -0.2) is 43.0 Å². The van der Waals surface area contributed by atoms with Crippen LogP contribution < -0.4 is 5.32 Å². The maximum atomic E-state index is 12.5. The second-order valence-electron chi connectivity index (χ2n) is 7.52. The number of nitrogens with zero attached hydrogens (tertiary/aromatic N) is 4. The molecule has 1 saturated carbocycles. The maximum Gasteiger partial charge on any atom is 0.335 e. The van der Waals surface area contributed by atoms with Crippen molar-refractivity contribution in [3.63, 3.8) is 0 Å². The van der Waals surface area contributed by atoms with Gasteiger partial charge in [-0.2, -0.15) is 0 Å². The van der Waals surface area contributed by atoms with Crippen LogP contribution >= 0.6 is 11.3 Å². The third-order valence-corrected chi connectivity index (χ3v) is 6.32. The summed E-state index contributed by atoms with van der Waals surface area (Å²) in [5, 5.41) is 20.9. The molecule has 0 bridgehead atoms. The van der Waals surface area contributed by atoms with Crippen molar-refractivity contribution >= 4 is 23.2 Å². The summed E-state index contributed by atoms with van der Waals surface area (Å²) in [6.07, 6.45) is 7.42. The Morgan fingerprint density at radius 2 is 2.13 bits per heavy atom. The number of benzene rings is 1. The molecule has 1 aromatic carbocycles. The lowest BCUT2D eigenvalue weighted by Gasteiger charge is -2.21. The number of amides is 1. The summed E-state index contributed by atoms with van der Waals surface area (Å²) in [6, 6.07) is 6.93. The highest BCUT2D eigenvalue weighted by atomic mass is 32.1. The average Bonchev–Trinajstić information content (AvgIpc) is 3.49. The molecule has 0 unspecified atom stereocenters. The van der Waals surface area contributed by atoms with Crippen molar-refractivity contribution in [3.8, 4) is 10.6 Å². The zero-order valence-electron chi connectivity index (χ0n) is 16.4. The topological polar surface area (TPSA) is 110 Å². The Kier molecular flexibility index (Phi) is 6.18. The molecule has 1 fully saturated rings. The van der Waals surface area contributed by atoms with Crippen LogP contribution in [0, 0.1) is 5.92 Å². The molecule has 1 aliphatic carbocycles. The number of rotatable bonds is 8. The average molecular weight is 426 g/mol. The molecule has 4 rings (SSSR count). The molecule has 0 spiro atoms. The van der Waals surface area contributed by atoms with E-state index in [-0.39, 0.29) is 23.9 Å². The molecular weight excluding hydrogens is 402 g/mol. The van der Waals surface area contributed by atoms with E-state index >= 15 is 0 Å². The Bertz CT molecular complexity index is 1020. The van der Waals surface area contributed by atoms with E-state index in [2.05, 4.69) is 20.6 Å². The molecule has 8 nitrogen and oxygen atoms in total. The van der Waals surface area contributed by atoms with Gasteiger partial charge in [-0.15, -0.1) is 16.4 Å². The molecule has 30 heavy (non-hydrogen) atoms. The smallest absolute Gasteiger partial charge is 0.335 e. The van der Waals surface area contributed by atoms with Gasteiger partial charge in [-0.1, -0.05) is 29.8 Å². The number of carbonyl (C=O) groups excluding carboxylic acids is 1. The van der Waals surface area contributed by atoms with Crippen LogP contribution in [0.1, 0.15) is 41.6 Å². The molecule has 3 aromatic rings. The van der Waals surface area contributed by atoms with Crippen LogP contribution in [0.2, 0.25) is 0 Å². The molecule has 2 heterocycles. The van der Waals surface area contributed by atoms with Gasteiger partial charge >= 0.3 is 5.97 Å². The Morgan fingerprint density at radius 1 is 1.27 bits per heavy atom. The second kappa shape index (κ2) is 9.17. The van der Waals surface area contributed by atoms with Gasteiger partial charge in [0.05, 0.1) is 22.1 Å². The predicted octanol–water partition coefficient (Wildman–Crippen LogP) is 3.02. The van der Waals surface area contributed by atoms with Gasteiger partial charge in [0.2, 0.25) is 5.91 Å². The number of hydrogen-bond donors (Lipinski definition) is 2. The molecule has 0 saturated heterocycles. The van der Waals surface area contributed by atoms with Gasteiger partial charge < -0.3 is 10.4 Å². The Labute approximate surface area is 178 Å². The van der Waals surface area contributed by atoms with Crippen molar-refractivity contribution in [2.75, 3.05) is 0 Å². The monoisotopic (exact) mass is 425 g/mol. The first-order valence-electron chi connectivity index (χ1n) is 9.99. The minimum Gasteiger partial charge on any atom is -0.478 e. The molecule has 156 valence electrons. The Morgan fingerprint density at radius 3 is 2.93 bits per heavy atom. The summed E-state index contributed by atoms with van der Waals surface area (Å²) in [6.45, 7) is 0.707. The molecule has 2 N–H and O–H groups in total. The summed E-state index contributed by atoms with van der Waals surface area (Å²) in [4.78, 5) is 28.9. The van der Waals surface area contributed by atoms with Gasteiger partial charge in [-0.25, -0.2) is 4.79 Å². The first-order chi connectivity index (χ1) is 14.6. The van der Waals surface area contributed by atoms with E-state index in [1.54, 1.807) is 36.0 Å². The van der Waals surface area contributed by atoms with Gasteiger partial charge in [0.15, 0.2) is 0 Å². The highest BCUT2D eigenvalue weighted by Crippen LogP contribution is 2.28. The standard InChI is InChI=1S/C21H23N5O3S/c27-20(9-8-14-4-1-2-6-16(14)21(28)29)23-17-7-3-5-15(17)11-26-12-18(24-25-26)19-10-22-13-30-19/h1-2,4,6,10,12-13,15,17H,3,5,7-9,11H2,(H,23,27)(H,28,29)/t15-,17-/m1/s1. The van der Waals surface area contributed by atoms with Gasteiger partial charge in [0.1, 0.15) is 5.69 Å². The van der Waals surface area contributed by atoms with Crippen LogP contribution in [0.25, 0.3) is 10.6 Å². The summed E-state index contributed by atoms with van der Waals surface area (Å²) >= 11 is 1.53. The number of nitrogens with one attached hydrogen (secondary N) is 1. The minimum absolute atomic E-state index is 0.0453. The summed E-state index contributed by atoms with van der Waals surface area (Å²) in [5.41, 5.74) is 3.52. The van der Waals surface area contributed by atoms with E-state index < -0.39 is 5.97 Å². The van der Waals surface area contributed by atoms with E-state index in [1.807, 2.05) is 10.9 Å². The molecule has 1 amide bonds. The number of carboxylic acids is 1. The quantitative estimate of drug-likeness (QED) is 0.574. The number of aromatic carboxylic acids is 1. The third-order valence-electron chi connectivity index (χ3n) is 5.52. The predicted molar refractivity (Wildman–Crippen MR) is 112 cm³/mol. The van der Waals surface area contributed by atoms with Crippen molar-refractivity contribution in [1.82, 2.24) is 25.3 Å². The number of carboxylic acid groups (broad SMARTS) is 1. The van der Waals surface area contributed by atoms with Crippen molar-refractivity contribution in [3.05, 3.63) is 53.3 Å². The van der Waals surface area contributed by atoms with Crippen molar-refractivity contribution in [1.29, 1.82) is 0 Å². The number of hydrogen-bond acceptors (Lipinski definition) is 6.